The number of benzene rings is 1. The van der Waals surface area contributed by atoms with E-state index in [1.165, 1.54) is 11.1 Å². The molecule has 1 unspecified atom stereocenters. The van der Waals surface area contributed by atoms with Crippen molar-refractivity contribution in [3.63, 3.8) is 0 Å². The molecule has 2 aliphatic rings. The van der Waals surface area contributed by atoms with Gasteiger partial charge in [0.25, 0.3) is 0 Å². The van der Waals surface area contributed by atoms with Crippen LogP contribution in [0.2, 0.25) is 0 Å². The van der Waals surface area contributed by atoms with E-state index >= 15 is 0 Å². The maximum atomic E-state index is 11.9. The molecule has 31 heavy (non-hydrogen) atoms. The fraction of sp³-hybridized carbons (Fsp3) is 0.692. The van der Waals surface area contributed by atoms with Crippen LogP contribution in [0.15, 0.2) is 18.2 Å². The van der Waals surface area contributed by atoms with E-state index in [2.05, 4.69) is 66.7 Å². The van der Waals surface area contributed by atoms with Gasteiger partial charge in [-0.05, 0) is 81.6 Å². The van der Waals surface area contributed by atoms with Crippen molar-refractivity contribution in [3.05, 3.63) is 34.9 Å². The van der Waals surface area contributed by atoms with E-state index in [1.807, 2.05) is 0 Å². The summed E-state index contributed by atoms with van der Waals surface area (Å²) < 4.78 is 18.3. The third kappa shape index (κ3) is 4.95. The summed E-state index contributed by atoms with van der Waals surface area (Å²) in [6.45, 7) is 16.1. The Bertz CT molecular complexity index is 798. The highest BCUT2D eigenvalue weighted by Crippen LogP contribution is 2.40. The number of aryl methyl sites for hydroxylation is 1. The smallest absolute Gasteiger partial charge is 0.399 e. The molecule has 1 aromatic rings. The van der Waals surface area contributed by atoms with E-state index in [1.54, 1.807) is 0 Å². The molecule has 0 spiro atoms. The fourth-order valence-electron chi connectivity index (χ4n) is 4.65. The molecule has 0 saturated carbocycles. The Hall–Kier alpha value is -1.14. The Balaban J connectivity index is 2.10. The number of rotatable bonds is 8. The van der Waals surface area contributed by atoms with E-state index in [0.717, 1.165) is 55.3 Å². The van der Waals surface area contributed by atoms with Crippen LogP contribution in [0.1, 0.15) is 96.8 Å². The Labute approximate surface area is 189 Å². The molecule has 2 aliphatic heterocycles. The SMILES string of the molecule is CCCCCC(O)(CC)c1cc(B2OC(C)(C)C(C)(C)O2)cc(C)c1C1=CCOCC1. The zero-order chi connectivity index (χ0) is 22.9. The standard InChI is InChI=1S/C26H41BO4/c1-8-10-11-14-26(28,9-2)22-18-21(27-30-24(4,5)25(6,7)31-27)17-19(3)23(22)20-12-15-29-16-13-20/h12,17-18,28H,8-11,13-16H2,1-7H3. The van der Waals surface area contributed by atoms with Gasteiger partial charge in [-0.2, -0.15) is 0 Å². The van der Waals surface area contributed by atoms with Gasteiger partial charge in [0.15, 0.2) is 0 Å². The van der Waals surface area contributed by atoms with Crippen molar-refractivity contribution in [1.82, 2.24) is 0 Å². The lowest BCUT2D eigenvalue weighted by Gasteiger charge is -2.33. The number of hydrogen-bond donors (Lipinski definition) is 1. The van der Waals surface area contributed by atoms with Crippen LogP contribution in [0, 0.1) is 6.92 Å². The van der Waals surface area contributed by atoms with Gasteiger partial charge in [0, 0.05) is 0 Å². The average molecular weight is 428 g/mol. The van der Waals surface area contributed by atoms with Gasteiger partial charge in [0.1, 0.15) is 0 Å². The van der Waals surface area contributed by atoms with Gasteiger partial charge in [-0.3, -0.25) is 0 Å². The lowest BCUT2D eigenvalue weighted by atomic mass is 9.71. The van der Waals surface area contributed by atoms with Gasteiger partial charge in [-0.25, -0.2) is 0 Å². The molecule has 0 bridgehead atoms. The lowest BCUT2D eigenvalue weighted by molar-refractivity contribution is 0.00578. The van der Waals surface area contributed by atoms with Crippen LogP contribution in [-0.4, -0.2) is 36.6 Å². The van der Waals surface area contributed by atoms with Gasteiger partial charge in [0.05, 0.1) is 30.0 Å². The highest BCUT2D eigenvalue weighted by atomic mass is 16.7. The summed E-state index contributed by atoms with van der Waals surface area (Å²) in [7, 11) is -0.433. The Morgan fingerprint density at radius 3 is 2.29 bits per heavy atom. The van der Waals surface area contributed by atoms with Crippen molar-refractivity contribution in [2.75, 3.05) is 13.2 Å². The topological polar surface area (TPSA) is 47.9 Å². The highest BCUT2D eigenvalue weighted by Gasteiger charge is 2.52. The first-order chi connectivity index (χ1) is 14.5. The number of ether oxygens (including phenoxy) is 1. The number of unbranched alkanes of at least 4 members (excludes halogenated alkanes) is 2. The van der Waals surface area contributed by atoms with Gasteiger partial charge in [-0.15, -0.1) is 0 Å². The van der Waals surface area contributed by atoms with E-state index in [9.17, 15) is 5.11 Å². The van der Waals surface area contributed by atoms with Crippen LogP contribution in [-0.2, 0) is 19.6 Å². The van der Waals surface area contributed by atoms with Crippen LogP contribution >= 0.6 is 0 Å². The van der Waals surface area contributed by atoms with Crippen molar-refractivity contribution in [2.45, 2.75) is 104 Å². The minimum atomic E-state index is -0.867. The van der Waals surface area contributed by atoms with Gasteiger partial charge in [-0.1, -0.05) is 51.3 Å². The van der Waals surface area contributed by atoms with Gasteiger partial charge < -0.3 is 19.2 Å². The Morgan fingerprint density at radius 2 is 1.74 bits per heavy atom. The number of hydrogen-bond acceptors (Lipinski definition) is 4. The molecule has 1 N–H and O–H groups in total. The molecule has 1 aromatic carbocycles. The van der Waals surface area contributed by atoms with Crippen LogP contribution in [0.4, 0.5) is 0 Å². The molecule has 4 nitrogen and oxygen atoms in total. The molecule has 0 aliphatic carbocycles. The molecule has 1 atom stereocenters. The van der Waals surface area contributed by atoms with Crippen molar-refractivity contribution in [2.24, 2.45) is 0 Å². The summed E-state index contributed by atoms with van der Waals surface area (Å²) in [5.41, 5.74) is 3.98. The molecule has 0 radical (unpaired) electrons. The normalized spacial score (nSPS) is 22.3. The van der Waals surface area contributed by atoms with E-state index in [0.29, 0.717) is 13.0 Å². The summed E-state index contributed by atoms with van der Waals surface area (Å²) in [6.07, 6.45) is 7.78. The summed E-state index contributed by atoms with van der Waals surface area (Å²) in [4.78, 5) is 0. The maximum absolute atomic E-state index is 11.9. The van der Waals surface area contributed by atoms with Crippen LogP contribution < -0.4 is 5.46 Å². The Morgan fingerprint density at radius 1 is 1.06 bits per heavy atom. The minimum absolute atomic E-state index is 0.393. The van der Waals surface area contributed by atoms with E-state index in [-0.39, 0.29) is 0 Å². The monoisotopic (exact) mass is 428 g/mol. The van der Waals surface area contributed by atoms with Crippen molar-refractivity contribution in [3.8, 4) is 0 Å². The van der Waals surface area contributed by atoms with Crippen LogP contribution in [0.25, 0.3) is 5.57 Å². The minimum Gasteiger partial charge on any atom is -0.399 e. The summed E-state index contributed by atoms with van der Waals surface area (Å²) >= 11 is 0. The average Bonchev–Trinajstić information content (AvgIpc) is 2.95. The third-order valence-electron chi connectivity index (χ3n) is 7.45. The highest BCUT2D eigenvalue weighted by molar-refractivity contribution is 6.62. The van der Waals surface area contributed by atoms with Gasteiger partial charge >= 0.3 is 7.12 Å². The van der Waals surface area contributed by atoms with E-state index < -0.39 is 23.9 Å². The van der Waals surface area contributed by atoms with Crippen molar-refractivity contribution >= 4 is 18.2 Å². The second kappa shape index (κ2) is 9.39. The zero-order valence-corrected chi connectivity index (χ0v) is 20.6. The molecule has 1 fully saturated rings. The summed E-state index contributed by atoms with van der Waals surface area (Å²) in [6, 6.07) is 4.33. The molecular weight excluding hydrogens is 387 g/mol. The fourth-order valence-corrected chi connectivity index (χ4v) is 4.65. The predicted molar refractivity (Wildman–Crippen MR) is 129 cm³/mol. The first kappa shape index (κ1) is 24.5. The second-order valence-electron chi connectivity index (χ2n) is 10.2. The first-order valence-electron chi connectivity index (χ1n) is 12.0. The molecule has 2 heterocycles. The summed E-state index contributed by atoms with van der Waals surface area (Å²) in [5.74, 6) is 0. The van der Waals surface area contributed by atoms with Crippen molar-refractivity contribution < 1.29 is 19.2 Å². The zero-order valence-electron chi connectivity index (χ0n) is 20.6. The Kier molecular flexibility index (Phi) is 7.42. The largest absolute Gasteiger partial charge is 0.494 e. The number of aliphatic hydroxyl groups is 1. The van der Waals surface area contributed by atoms with E-state index in [4.69, 9.17) is 14.0 Å². The summed E-state index contributed by atoms with van der Waals surface area (Å²) in [5, 5.41) is 11.9. The molecule has 3 rings (SSSR count). The van der Waals surface area contributed by atoms with Crippen LogP contribution in [0.3, 0.4) is 0 Å². The van der Waals surface area contributed by atoms with Crippen LogP contribution in [0.5, 0.6) is 0 Å². The maximum Gasteiger partial charge on any atom is 0.494 e. The molecule has 1 saturated heterocycles. The quantitative estimate of drug-likeness (QED) is 0.452. The lowest BCUT2D eigenvalue weighted by Crippen LogP contribution is -2.41. The first-order valence-corrected chi connectivity index (χ1v) is 12.0. The van der Waals surface area contributed by atoms with Gasteiger partial charge in [0.2, 0.25) is 0 Å². The molecular formula is C26H41BO4. The third-order valence-corrected chi connectivity index (χ3v) is 7.45. The molecule has 0 amide bonds. The second-order valence-corrected chi connectivity index (χ2v) is 10.2. The predicted octanol–water partition coefficient (Wildman–Crippen LogP) is 5.28. The molecule has 172 valence electrons. The van der Waals surface area contributed by atoms with Crippen molar-refractivity contribution in [1.29, 1.82) is 0 Å². The molecule has 5 heteroatoms. The molecule has 0 aromatic heterocycles.